The summed E-state index contributed by atoms with van der Waals surface area (Å²) in [5, 5.41) is 0. The number of amides is 1. The van der Waals surface area contributed by atoms with Gasteiger partial charge in [0.05, 0.1) is 6.54 Å². The van der Waals surface area contributed by atoms with Crippen LogP contribution >= 0.6 is 0 Å². The highest BCUT2D eigenvalue weighted by atomic mass is 32.2. The topological polar surface area (TPSA) is 69.7 Å². The van der Waals surface area contributed by atoms with E-state index in [1.807, 2.05) is 0 Å². The summed E-state index contributed by atoms with van der Waals surface area (Å²) in [7, 11) is -0.647. The van der Waals surface area contributed by atoms with Crippen molar-refractivity contribution in [2.24, 2.45) is 0 Å². The zero-order valence-electron chi connectivity index (χ0n) is 10.5. The van der Waals surface area contributed by atoms with Crippen LogP contribution in [0.5, 0.6) is 0 Å². The van der Waals surface area contributed by atoms with Crippen molar-refractivity contribution < 1.29 is 13.2 Å². The largest absolute Gasteiger partial charge is 0.342 e. The lowest BCUT2D eigenvalue weighted by Gasteiger charge is -2.21. The van der Waals surface area contributed by atoms with E-state index in [-0.39, 0.29) is 12.5 Å². The Hall–Kier alpha value is -0.660. The third-order valence-electron chi connectivity index (χ3n) is 2.85. The quantitative estimate of drug-likeness (QED) is 0.762. The lowest BCUT2D eigenvalue weighted by atomic mass is 10.2. The van der Waals surface area contributed by atoms with E-state index in [0.717, 1.165) is 43.1 Å². The average Bonchev–Trinajstić information content (AvgIpc) is 2.54. The van der Waals surface area contributed by atoms with Gasteiger partial charge in [0.2, 0.25) is 5.91 Å². The van der Waals surface area contributed by atoms with E-state index in [1.54, 1.807) is 4.90 Å². The summed E-state index contributed by atoms with van der Waals surface area (Å²) in [5.74, 6) is -0.141. The number of rotatable bonds is 4. The lowest BCUT2D eigenvalue weighted by molar-refractivity contribution is -0.129. The second-order valence-corrected chi connectivity index (χ2v) is 6.37. The van der Waals surface area contributed by atoms with Gasteiger partial charge in [0.1, 0.15) is 0 Å². The van der Waals surface area contributed by atoms with E-state index in [4.69, 9.17) is 0 Å². The minimum Gasteiger partial charge on any atom is -0.342 e. The maximum atomic E-state index is 11.8. The van der Waals surface area contributed by atoms with Crippen molar-refractivity contribution in [1.82, 2.24) is 13.9 Å². The maximum Gasteiger partial charge on any atom is 0.279 e. The highest BCUT2D eigenvalue weighted by Gasteiger charge is 2.19. The second kappa shape index (κ2) is 6.32. The molecule has 0 unspecified atom stereocenters. The molecule has 1 N–H and O–H groups in total. The fourth-order valence-electron chi connectivity index (χ4n) is 1.71. The Balaban J connectivity index is 2.43. The molecule has 1 saturated heterocycles. The van der Waals surface area contributed by atoms with Crippen LogP contribution in [0.25, 0.3) is 0 Å². The van der Waals surface area contributed by atoms with Crippen molar-refractivity contribution in [1.29, 1.82) is 0 Å². The molecule has 1 rings (SSSR count). The first-order valence-corrected chi connectivity index (χ1v) is 7.32. The number of hydrogen-bond donors (Lipinski definition) is 1. The van der Waals surface area contributed by atoms with Gasteiger partial charge in [-0.1, -0.05) is 12.8 Å². The zero-order valence-corrected chi connectivity index (χ0v) is 11.3. The summed E-state index contributed by atoms with van der Waals surface area (Å²) in [6.45, 7) is 1.32. The molecule has 0 aromatic rings. The third-order valence-corrected chi connectivity index (χ3v) is 4.32. The van der Waals surface area contributed by atoms with Crippen molar-refractivity contribution in [3.63, 3.8) is 0 Å². The zero-order chi connectivity index (χ0) is 12.9. The van der Waals surface area contributed by atoms with Gasteiger partial charge in [-0.3, -0.25) is 4.79 Å². The van der Waals surface area contributed by atoms with Crippen LogP contribution in [0.4, 0.5) is 0 Å². The fraction of sp³-hybridized carbons (Fsp3) is 0.900. The number of nitrogens with one attached hydrogen (secondary N) is 1. The monoisotopic (exact) mass is 263 g/mol. The summed E-state index contributed by atoms with van der Waals surface area (Å²) in [6.07, 6.45) is 4.30. The molecule has 6 nitrogen and oxygen atoms in total. The van der Waals surface area contributed by atoms with E-state index in [2.05, 4.69) is 4.72 Å². The van der Waals surface area contributed by atoms with Crippen molar-refractivity contribution >= 4 is 16.1 Å². The van der Waals surface area contributed by atoms with Gasteiger partial charge in [-0.2, -0.15) is 17.4 Å². The van der Waals surface area contributed by atoms with Crippen LogP contribution in [0, 0.1) is 0 Å². The molecule has 7 heteroatoms. The van der Waals surface area contributed by atoms with Gasteiger partial charge in [0.15, 0.2) is 0 Å². The summed E-state index contributed by atoms with van der Waals surface area (Å²) in [4.78, 5) is 13.5. The molecule has 1 aliphatic rings. The first-order chi connectivity index (χ1) is 7.93. The van der Waals surface area contributed by atoms with Gasteiger partial charge >= 0.3 is 0 Å². The summed E-state index contributed by atoms with van der Waals surface area (Å²) in [5.41, 5.74) is 0. The summed E-state index contributed by atoms with van der Waals surface area (Å²) in [6, 6.07) is 0. The highest BCUT2D eigenvalue weighted by molar-refractivity contribution is 7.87. The van der Waals surface area contributed by atoms with E-state index in [1.165, 1.54) is 14.1 Å². The molecular formula is C10H21N3O3S. The van der Waals surface area contributed by atoms with Crippen LogP contribution in [-0.4, -0.2) is 57.3 Å². The summed E-state index contributed by atoms with van der Waals surface area (Å²) >= 11 is 0. The molecule has 0 aliphatic carbocycles. The van der Waals surface area contributed by atoms with Crippen LogP contribution in [-0.2, 0) is 15.0 Å². The Morgan fingerprint density at radius 2 is 1.71 bits per heavy atom. The Kier molecular flexibility index (Phi) is 5.35. The maximum absolute atomic E-state index is 11.8. The van der Waals surface area contributed by atoms with Gasteiger partial charge in [-0.25, -0.2) is 0 Å². The van der Waals surface area contributed by atoms with E-state index < -0.39 is 10.2 Å². The molecule has 0 aromatic carbocycles. The molecule has 1 aliphatic heterocycles. The number of carbonyl (C=O) groups is 1. The Bertz CT molecular complexity index is 346. The minimum atomic E-state index is -3.51. The number of hydrogen-bond acceptors (Lipinski definition) is 3. The highest BCUT2D eigenvalue weighted by Crippen LogP contribution is 2.09. The van der Waals surface area contributed by atoms with Crippen molar-refractivity contribution in [3.8, 4) is 0 Å². The molecular weight excluding hydrogens is 242 g/mol. The normalized spacial score (nSPS) is 18.2. The van der Waals surface area contributed by atoms with Crippen molar-refractivity contribution in [2.45, 2.75) is 25.7 Å². The van der Waals surface area contributed by atoms with Gasteiger partial charge in [0, 0.05) is 27.2 Å². The van der Waals surface area contributed by atoms with Gasteiger partial charge in [-0.15, -0.1) is 0 Å². The molecule has 0 atom stereocenters. The predicted molar refractivity (Wildman–Crippen MR) is 65.7 cm³/mol. The van der Waals surface area contributed by atoms with Gasteiger partial charge < -0.3 is 4.90 Å². The van der Waals surface area contributed by atoms with E-state index in [9.17, 15) is 13.2 Å². The van der Waals surface area contributed by atoms with Crippen molar-refractivity contribution in [2.75, 3.05) is 33.7 Å². The fourth-order valence-corrected chi connectivity index (χ4v) is 2.28. The molecule has 0 radical (unpaired) electrons. The first kappa shape index (κ1) is 14.4. The van der Waals surface area contributed by atoms with Crippen LogP contribution in [0.2, 0.25) is 0 Å². The molecule has 0 bridgehead atoms. The Labute approximate surface area is 103 Å². The molecule has 100 valence electrons. The molecule has 1 amide bonds. The Morgan fingerprint density at radius 1 is 1.18 bits per heavy atom. The van der Waals surface area contributed by atoms with Crippen LogP contribution in [0.15, 0.2) is 0 Å². The number of nitrogens with zero attached hydrogens (tertiary/aromatic N) is 2. The van der Waals surface area contributed by atoms with E-state index >= 15 is 0 Å². The van der Waals surface area contributed by atoms with Crippen LogP contribution in [0.1, 0.15) is 25.7 Å². The second-order valence-electron chi connectivity index (χ2n) is 4.40. The van der Waals surface area contributed by atoms with E-state index in [0.29, 0.717) is 0 Å². The molecule has 0 aromatic heterocycles. The number of carbonyl (C=O) groups excluding carboxylic acids is 1. The van der Waals surface area contributed by atoms with Crippen LogP contribution in [0.3, 0.4) is 0 Å². The summed E-state index contributed by atoms with van der Waals surface area (Å²) < 4.78 is 26.2. The molecule has 0 spiro atoms. The standard InChI is InChI=1S/C10H21N3O3S/c1-12(2)17(15,16)11-9-10(14)13-7-5-3-4-6-8-13/h11H,3-9H2,1-2H3. The van der Waals surface area contributed by atoms with Crippen molar-refractivity contribution in [3.05, 3.63) is 0 Å². The third kappa shape index (κ3) is 4.61. The number of likely N-dealkylation sites (tertiary alicyclic amines) is 1. The van der Waals surface area contributed by atoms with Gasteiger partial charge in [-0.05, 0) is 12.8 Å². The Morgan fingerprint density at radius 3 is 2.18 bits per heavy atom. The minimum absolute atomic E-state index is 0.141. The SMILES string of the molecule is CN(C)S(=O)(=O)NCC(=O)N1CCCCCC1. The van der Waals surface area contributed by atoms with Crippen LogP contribution < -0.4 is 4.72 Å². The predicted octanol–water partition coefficient (Wildman–Crippen LogP) is -0.215. The first-order valence-electron chi connectivity index (χ1n) is 5.88. The molecule has 1 fully saturated rings. The lowest BCUT2D eigenvalue weighted by Crippen LogP contribution is -2.44. The molecule has 1 heterocycles. The smallest absolute Gasteiger partial charge is 0.279 e. The molecule has 17 heavy (non-hydrogen) atoms. The average molecular weight is 263 g/mol. The van der Waals surface area contributed by atoms with Gasteiger partial charge in [0.25, 0.3) is 10.2 Å². The molecule has 0 saturated carbocycles.